The maximum Gasteiger partial charge on any atom is 0.322 e. The van der Waals surface area contributed by atoms with Gasteiger partial charge in [-0.3, -0.25) is 24.0 Å². The molecule has 0 saturated carbocycles. The van der Waals surface area contributed by atoms with Crippen molar-refractivity contribution in [1.82, 2.24) is 10.6 Å². The molecule has 0 aromatic heterocycles. The molecule has 0 spiro atoms. The molecule has 188 valence electrons. The number of nitrogens with one attached hydrogen (secondary N) is 2. The molecule has 34 heavy (non-hydrogen) atoms. The summed E-state index contributed by atoms with van der Waals surface area (Å²) in [5.41, 5.74) is 5.48. The van der Waals surface area contributed by atoms with Crippen LogP contribution in [0.1, 0.15) is 23.2 Å². The minimum Gasteiger partial charge on any atom is -0.504 e. The maximum atomic E-state index is 12.8. The van der Waals surface area contributed by atoms with Crippen molar-refractivity contribution in [2.24, 2.45) is 5.73 Å². The second-order valence-electron chi connectivity index (χ2n) is 6.97. The zero-order chi connectivity index (χ0) is 25.8. The summed E-state index contributed by atoms with van der Waals surface area (Å²) >= 11 is 0.839. The number of Topliss-reactive ketones (excluding diaryl/α,β-unsaturated/α-hetero) is 1. The molecular formula is C20H27N3O10S. The van der Waals surface area contributed by atoms with Gasteiger partial charge in [0.25, 0.3) is 0 Å². The molecule has 3 atom stereocenters. The van der Waals surface area contributed by atoms with Gasteiger partial charge in [0.05, 0.1) is 19.0 Å². The summed E-state index contributed by atoms with van der Waals surface area (Å²) in [5, 5.41) is 40.3. The number of phenols is 1. The summed E-state index contributed by atoms with van der Waals surface area (Å²) in [5.74, 6) is -5.05. The summed E-state index contributed by atoms with van der Waals surface area (Å²) in [6.07, 6.45) is -0.505. The van der Waals surface area contributed by atoms with Gasteiger partial charge in [-0.25, -0.2) is 0 Å². The largest absolute Gasteiger partial charge is 0.504 e. The fourth-order valence-corrected chi connectivity index (χ4v) is 3.64. The van der Waals surface area contributed by atoms with Gasteiger partial charge in [-0.15, -0.1) is 11.8 Å². The highest BCUT2D eigenvalue weighted by atomic mass is 32.2. The Morgan fingerprint density at radius 3 is 2.41 bits per heavy atom. The van der Waals surface area contributed by atoms with Crippen molar-refractivity contribution in [2.45, 2.75) is 30.2 Å². The molecule has 13 nitrogen and oxygen atoms in total. The number of aliphatic hydroxyl groups excluding tert-OH is 1. The summed E-state index contributed by atoms with van der Waals surface area (Å²) in [6.45, 7) is -1.33. The first kappa shape index (κ1) is 28.7. The number of benzene rings is 1. The number of phenolic OH excluding ortho intramolecular Hbond substituents is 1. The Labute approximate surface area is 198 Å². The highest BCUT2D eigenvalue weighted by Gasteiger charge is 2.27. The Kier molecular flexibility index (Phi) is 11.8. The third kappa shape index (κ3) is 9.25. The lowest BCUT2D eigenvalue weighted by molar-refractivity contribution is -0.139. The van der Waals surface area contributed by atoms with Gasteiger partial charge >= 0.3 is 11.9 Å². The Morgan fingerprint density at radius 2 is 1.85 bits per heavy atom. The highest BCUT2D eigenvalue weighted by Crippen LogP contribution is 2.28. The third-order valence-electron chi connectivity index (χ3n) is 4.45. The fourth-order valence-electron chi connectivity index (χ4n) is 2.59. The van der Waals surface area contributed by atoms with Crippen LogP contribution in [0.3, 0.4) is 0 Å². The summed E-state index contributed by atoms with van der Waals surface area (Å²) < 4.78 is 4.96. The van der Waals surface area contributed by atoms with Crippen molar-refractivity contribution in [2.75, 3.05) is 26.0 Å². The first-order valence-corrected chi connectivity index (χ1v) is 11.0. The van der Waals surface area contributed by atoms with E-state index in [9.17, 15) is 34.2 Å². The average molecular weight is 502 g/mol. The number of carboxylic acids is 2. The summed E-state index contributed by atoms with van der Waals surface area (Å²) in [6, 6.07) is 1.29. The number of nitrogens with two attached hydrogens (primary N) is 1. The lowest BCUT2D eigenvalue weighted by Gasteiger charge is -2.20. The van der Waals surface area contributed by atoms with Crippen LogP contribution >= 0.6 is 11.8 Å². The van der Waals surface area contributed by atoms with Gasteiger partial charge in [0.15, 0.2) is 17.3 Å². The zero-order valence-corrected chi connectivity index (χ0v) is 19.0. The van der Waals surface area contributed by atoms with Gasteiger partial charge in [-0.2, -0.15) is 0 Å². The van der Waals surface area contributed by atoms with Crippen LogP contribution < -0.4 is 21.1 Å². The van der Waals surface area contributed by atoms with Crippen molar-refractivity contribution in [3.8, 4) is 11.5 Å². The number of ketones is 1. The molecule has 8 N–H and O–H groups in total. The summed E-state index contributed by atoms with van der Waals surface area (Å²) in [7, 11) is 1.30. The first-order chi connectivity index (χ1) is 16.0. The van der Waals surface area contributed by atoms with Crippen LogP contribution in [0.25, 0.3) is 0 Å². The van der Waals surface area contributed by atoms with Gasteiger partial charge in [-0.05, 0) is 24.6 Å². The topological polar surface area (TPSA) is 226 Å². The quantitative estimate of drug-likeness (QED) is 0.137. The third-order valence-corrected chi connectivity index (χ3v) is 5.74. The molecule has 1 aromatic rings. The first-order valence-electron chi connectivity index (χ1n) is 9.91. The Hall–Kier alpha value is -3.36. The van der Waals surface area contributed by atoms with Crippen molar-refractivity contribution >= 4 is 41.3 Å². The molecule has 14 heteroatoms. The number of carboxylic acid groups (broad SMARTS) is 2. The van der Waals surface area contributed by atoms with E-state index in [-0.39, 0.29) is 35.7 Å². The van der Waals surface area contributed by atoms with Gasteiger partial charge in [0.2, 0.25) is 11.8 Å². The SMILES string of the molecule is COc1cc(C(=O)[C@H](CO)SC[C@H](NC(=O)CC[C@H](N)C(=O)O)C(=O)NCC(=O)O)ccc1O. The van der Waals surface area contributed by atoms with Crippen molar-refractivity contribution < 1.29 is 49.1 Å². The maximum absolute atomic E-state index is 12.8. The number of amides is 2. The van der Waals surface area contributed by atoms with Crippen molar-refractivity contribution in [3.05, 3.63) is 23.8 Å². The van der Waals surface area contributed by atoms with E-state index in [0.717, 1.165) is 11.8 Å². The van der Waals surface area contributed by atoms with E-state index in [1.165, 1.54) is 25.3 Å². The summed E-state index contributed by atoms with van der Waals surface area (Å²) in [4.78, 5) is 58.8. The number of hydrogen-bond donors (Lipinski definition) is 7. The van der Waals surface area contributed by atoms with E-state index in [1.54, 1.807) is 0 Å². The molecule has 0 fully saturated rings. The standard InChI is InChI=1S/C20H27N3O10S/c1-33-14-6-10(2-4-13(14)25)18(29)15(8-24)34-9-12(19(30)22-7-17(27)28)23-16(26)5-3-11(21)20(31)32/h2,4,6,11-12,15,24-25H,3,5,7-9,21H2,1H3,(H,22,30)(H,23,26)(H,27,28)(H,31,32)/t11-,12-,15-/m0/s1. The van der Waals surface area contributed by atoms with Gasteiger partial charge < -0.3 is 41.5 Å². The normalized spacial score (nSPS) is 13.3. The molecular weight excluding hydrogens is 474 g/mol. The number of hydrogen-bond acceptors (Lipinski definition) is 10. The Bertz CT molecular complexity index is 911. The van der Waals surface area contributed by atoms with E-state index in [2.05, 4.69) is 10.6 Å². The average Bonchev–Trinajstić information content (AvgIpc) is 2.80. The number of rotatable bonds is 15. The molecule has 2 amide bonds. The molecule has 0 aliphatic heterocycles. The fraction of sp³-hybridized carbons (Fsp3) is 0.450. The number of aliphatic hydroxyl groups is 1. The van der Waals surface area contributed by atoms with Crippen LogP contribution in [-0.2, 0) is 19.2 Å². The molecule has 0 radical (unpaired) electrons. The molecule has 0 heterocycles. The lowest BCUT2D eigenvalue weighted by atomic mass is 10.1. The van der Waals surface area contributed by atoms with Gasteiger partial charge in [0.1, 0.15) is 18.6 Å². The highest BCUT2D eigenvalue weighted by molar-refractivity contribution is 8.00. The number of aromatic hydroxyl groups is 1. The molecule has 1 aromatic carbocycles. The minimum absolute atomic E-state index is 0.0466. The van der Waals surface area contributed by atoms with E-state index in [4.69, 9.17) is 20.7 Å². The predicted molar refractivity (Wildman–Crippen MR) is 120 cm³/mol. The number of ether oxygens (including phenoxy) is 1. The van der Waals surface area contributed by atoms with E-state index in [0.29, 0.717) is 0 Å². The van der Waals surface area contributed by atoms with Crippen LogP contribution in [-0.4, -0.2) is 93.3 Å². The van der Waals surface area contributed by atoms with E-state index < -0.39 is 60.0 Å². The van der Waals surface area contributed by atoms with Crippen LogP contribution in [0.4, 0.5) is 0 Å². The predicted octanol–water partition coefficient (Wildman–Crippen LogP) is -1.44. The minimum atomic E-state index is -1.32. The number of methoxy groups -OCH3 is 1. The number of carbonyl (C=O) groups excluding carboxylic acids is 3. The molecule has 0 bridgehead atoms. The second-order valence-corrected chi connectivity index (χ2v) is 8.21. The smallest absolute Gasteiger partial charge is 0.322 e. The molecule has 0 unspecified atom stereocenters. The van der Waals surface area contributed by atoms with Crippen LogP contribution in [0.15, 0.2) is 18.2 Å². The van der Waals surface area contributed by atoms with Crippen molar-refractivity contribution in [3.63, 3.8) is 0 Å². The van der Waals surface area contributed by atoms with Crippen LogP contribution in [0.5, 0.6) is 11.5 Å². The van der Waals surface area contributed by atoms with E-state index in [1.807, 2.05) is 0 Å². The molecule has 0 saturated heterocycles. The van der Waals surface area contributed by atoms with Gasteiger partial charge in [0, 0.05) is 17.7 Å². The Morgan fingerprint density at radius 1 is 1.18 bits per heavy atom. The number of thioether (sulfide) groups is 1. The van der Waals surface area contributed by atoms with Crippen molar-refractivity contribution in [1.29, 1.82) is 0 Å². The molecule has 0 aliphatic carbocycles. The number of carbonyl (C=O) groups is 5. The lowest BCUT2D eigenvalue weighted by Crippen LogP contribution is -2.50. The van der Waals surface area contributed by atoms with Crippen LogP contribution in [0, 0.1) is 0 Å². The van der Waals surface area contributed by atoms with Gasteiger partial charge in [-0.1, -0.05) is 0 Å². The monoisotopic (exact) mass is 501 g/mol. The molecule has 0 aliphatic rings. The number of aliphatic carboxylic acids is 2. The van der Waals surface area contributed by atoms with E-state index >= 15 is 0 Å². The zero-order valence-electron chi connectivity index (χ0n) is 18.2. The Balaban J connectivity index is 2.89. The van der Waals surface area contributed by atoms with Crippen LogP contribution in [0.2, 0.25) is 0 Å². The second kappa shape index (κ2) is 14.0. The molecule has 1 rings (SSSR count).